The van der Waals surface area contributed by atoms with Gasteiger partial charge in [-0.25, -0.2) is 0 Å². The summed E-state index contributed by atoms with van der Waals surface area (Å²) in [5.74, 6) is -0.964. The van der Waals surface area contributed by atoms with Crippen molar-refractivity contribution in [2.24, 2.45) is 11.8 Å². The van der Waals surface area contributed by atoms with Crippen molar-refractivity contribution in [3.63, 3.8) is 0 Å². The molecule has 1 saturated heterocycles. The number of nitrogens with one attached hydrogen (secondary N) is 3. The zero-order valence-electron chi connectivity index (χ0n) is 22.3. The number of ether oxygens (including phenoxy) is 1. The van der Waals surface area contributed by atoms with Crippen LogP contribution in [-0.4, -0.2) is 53.8 Å². The molecule has 8 heteroatoms. The molecule has 1 aliphatic heterocycles. The molecule has 1 heterocycles. The number of Topliss-reactive ketones (excluding diaryl/α,β-unsaturated/α-hetero) is 1. The van der Waals surface area contributed by atoms with E-state index in [0.717, 1.165) is 32.1 Å². The molecule has 3 amide bonds. The second-order valence-electron chi connectivity index (χ2n) is 10.5. The summed E-state index contributed by atoms with van der Waals surface area (Å²) < 4.78 is 5.31. The lowest BCUT2D eigenvalue weighted by Crippen LogP contribution is -2.57. The first kappa shape index (κ1) is 30.1. The largest absolute Gasteiger partial charge is 0.361 e. The summed E-state index contributed by atoms with van der Waals surface area (Å²) in [5, 5.41) is 8.57. The molecule has 8 nitrogen and oxygen atoms in total. The van der Waals surface area contributed by atoms with E-state index in [0.29, 0.717) is 25.9 Å². The Kier molecular flexibility index (Phi) is 12.8. The first-order valence-electron chi connectivity index (χ1n) is 13.0. The fourth-order valence-electron chi connectivity index (χ4n) is 3.85. The number of amides is 3. The maximum atomic E-state index is 13.2. The molecule has 0 saturated carbocycles. The Morgan fingerprint density at radius 1 is 0.853 bits per heavy atom. The third-order valence-corrected chi connectivity index (χ3v) is 6.19. The summed E-state index contributed by atoms with van der Waals surface area (Å²) in [5.41, 5.74) is -0.834. The minimum Gasteiger partial charge on any atom is -0.361 e. The monoisotopic (exact) mass is 481 g/mol. The highest BCUT2D eigenvalue weighted by atomic mass is 16.6. The fourth-order valence-corrected chi connectivity index (χ4v) is 3.85. The Morgan fingerprint density at radius 3 is 1.94 bits per heavy atom. The van der Waals surface area contributed by atoms with Gasteiger partial charge in [-0.15, -0.1) is 0 Å². The van der Waals surface area contributed by atoms with E-state index < -0.39 is 23.7 Å². The number of carbonyl (C=O) groups is 4. The molecule has 34 heavy (non-hydrogen) atoms. The van der Waals surface area contributed by atoms with Crippen LogP contribution in [0.2, 0.25) is 0 Å². The molecule has 0 aromatic carbocycles. The third-order valence-electron chi connectivity index (χ3n) is 6.19. The molecule has 0 radical (unpaired) electrons. The van der Waals surface area contributed by atoms with Crippen LogP contribution in [0.1, 0.15) is 99.8 Å². The highest BCUT2D eigenvalue weighted by Gasteiger charge is 2.50. The van der Waals surface area contributed by atoms with E-state index >= 15 is 0 Å². The Labute approximate surface area is 205 Å². The molecule has 3 N–H and O–H groups in total. The standard InChI is InChI=1S/C26H47N3O5/c1-8-10-12-14-21(30)29-22(18(5)6)25(33)27-19(13-11-9-2)24(32)28-20(15-17(3)4)23(31)26(7)16-34-26/h17-20,22H,8-16H2,1-7H3,(H,27,33)(H,28,32)(H,29,30)/t19-,20-,22-,26-/m0/s1. The van der Waals surface area contributed by atoms with Crippen molar-refractivity contribution in [2.75, 3.05) is 6.61 Å². The minimum absolute atomic E-state index is 0.130. The van der Waals surface area contributed by atoms with Gasteiger partial charge in [0.2, 0.25) is 17.7 Å². The summed E-state index contributed by atoms with van der Waals surface area (Å²) in [6.07, 6.45) is 5.71. The zero-order chi connectivity index (χ0) is 25.9. The molecule has 1 aliphatic rings. The van der Waals surface area contributed by atoms with Gasteiger partial charge in [-0.05, 0) is 38.0 Å². The fraction of sp³-hybridized carbons (Fsp3) is 0.846. The SMILES string of the molecule is CCCCCC(=O)N[C@H](C(=O)N[C@@H](CCCC)C(=O)N[C@@H](CC(C)C)C(=O)[C@]1(C)CO1)C(C)C. The number of rotatable bonds is 17. The van der Waals surface area contributed by atoms with Gasteiger partial charge < -0.3 is 20.7 Å². The van der Waals surface area contributed by atoms with Gasteiger partial charge in [0, 0.05) is 6.42 Å². The summed E-state index contributed by atoms with van der Waals surface area (Å²) in [4.78, 5) is 51.6. The third kappa shape index (κ3) is 10.1. The molecule has 0 unspecified atom stereocenters. The zero-order valence-corrected chi connectivity index (χ0v) is 22.3. The van der Waals surface area contributed by atoms with Crippen molar-refractivity contribution in [2.45, 2.75) is 124 Å². The van der Waals surface area contributed by atoms with Crippen molar-refractivity contribution in [3.05, 3.63) is 0 Å². The van der Waals surface area contributed by atoms with Gasteiger partial charge in [0.15, 0.2) is 5.78 Å². The number of carbonyl (C=O) groups excluding carboxylic acids is 4. The van der Waals surface area contributed by atoms with Crippen LogP contribution < -0.4 is 16.0 Å². The van der Waals surface area contributed by atoms with E-state index in [9.17, 15) is 19.2 Å². The Hall–Kier alpha value is -1.96. The first-order chi connectivity index (χ1) is 15.9. The molecular weight excluding hydrogens is 434 g/mol. The van der Waals surface area contributed by atoms with Gasteiger partial charge in [0.1, 0.15) is 17.7 Å². The van der Waals surface area contributed by atoms with Gasteiger partial charge in [-0.2, -0.15) is 0 Å². The number of unbranched alkanes of at least 4 members (excludes halogenated alkanes) is 3. The highest BCUT2D eigenvalue weighted by molar-refractivity contribution is 5.98. The molecule has 0 aromatic heterocycles. The van der Waals surface area contributed by atoms with E-state index in [1.807, 2.05) is 34.6 Å². The molecule has 0 bridgehead atoms. The van der Waals surface area contributed by atoms with E-state index in [4.69, 9.17) is 4.74 Å². The van der Waals surface area contributed by atoms with Crippen molar-refractivity contribution in [1.29, 1.82) is 0 Å². The predicted molar refractivity (Wildman–Crippen MR) is 133 cm³/mol. The van der Waals surface area contributed by atoms with Crippen LogP contribution >= 0.6 is 0 Å². The second-order valence-corrected chi connectivity index (χ2v) is 10.5. The molecule has 4 atom stereocenters. The predicted octanol–water partition coefficient (Wildman–Crippen LogP) is 3.27. The summed E-state index contributed by atoms with van der Waals surface area (Å²) in [7, 11) is 0. The van der Waals surface area contributed by atoms with Crippen LogP contribution in [-0.2, 0) is 23.9 Å². The van der Waals surface area contributed by atoms with Gasteiger partial charge in [0.25, 0.3) is 0 Å². The lowest BCUT2D eigenvalue weighted by Gasteiger charge is -2.27. The van der Waals surface area contributed by atoms with E-state index in [2.05, 4.69) is 22.9 Å². The quantitative estimate of drug-likeness (QED) is 0.218. The molecule has 0 spiro atoms. The molecule has 1 rings (SSSR count). The van der Waals surface area contributed by atoms with Crippen molar-refractivity contribution < 1.29 is 23.9 Å². The summed E-state index contributed by atoms with van der Waals surface area (Å²) in [6.45, 7) is 13.9. The molecule has 0 aliphatic carbocycles. The summed E-state index contributed by atoms with van der Waals surface area (Å²) in [6, 6.07) is -2.17. The van der Waals surface area contributed by atoms with Crippen LogP contribution in [0.4, 0.5) is 0 Å². The lowest BCUT2D eigenvalue weighted by atomic mass is 9.93. The van der Waals surface area contributed by atoms with Crippen molar-refractivity contribution in [1.82, 2.24) is 16.0 Å². The first-order valence-corrected chi connectivity index (χ1v) is 13.0. The lowest BCUT2D eigenvalue weighted by molar-refractivity contribution is -0.135. The Balaban J connectivity index is 2.89. The maximum Gasteiger partial charge on any atom is 0.243 e. The second kappa shape index (κ2) is 14.4. The normalized spacial score (nSPS) is 19.9. The van der Waals surface area contributed by atoms with Gasteiger partial charge in [-0.1, -0.05) is 67.2 Å². The van der Waals surface area contributed by atoms with E-state index in [-0.39, 0.29) is 35.3 Å². The Bertz CT molecular complexity index is 688. The van der Waals surface area contributed by atoms with E-state index in [1.54, 1.807) is 6.92 Å². The number of ketones is 1. The molecule has 196 valence electrons. The average Bonchev–Trinajstić information content (AvgIpc) is 3.51. The van der Waals surface area contributed by atoms with Crippen LogP contribution in [0.15, 0.2) is 0 Å². The van der Waals surface area contributed by atoms with Gasteiger partial charge in [0.05, 0.1) is 12.6 Å². The smallest absolute Gasteiger partial charge is 0.243 e. The Morgan fingerprint density at radius 2 is 1.44 bits per heavy atom. The molecule has 0 aromatic rings. The van der Waals surface area contributed by atoms with Crippen LogP contribution in [0, 0.1) is 11.8 Å². The average molecular weight is 482 g/mol. The number of hydrogen-bond acceptors (Lipinski definition) is 5. The van der Waals surface area contributed by atoms with Crippen LogP contribution in [0.25, 0.3) is 0 Å². The minimum atomic E-state index is -0.834. The van der Waals surface area contributed by atoms with Crippen molar-refractivity contribution in [3.8, 4) is 0 Å². The molecular formula is C26H47N3O5. The number of hydrogen-bond donors (Lipinski definition) is 3. The van der Waals surface area contributed by atoms with Crippen molar-refractivity contribution >= 4 is 23.5 Å². The van der Waals surface area contributed by atoms with Crippen LogP contribution in [0.3, 0.4) is 0 Å². The molecule has 1 fully saturated rings. The maximum absolute atomic E-state index is 13.2. The highest BCUT2D eigenvalue weighted by Crippen LogP contribution is 2.29. The van der Waals surface area contributed by atoms with Gasteiger partial charge in [-0.3, -0.25) is 19.2 Å². The topological polar surface area (TPSA) is 117 Å². The van der Waals surface area contributed by atoms with Gasteiger partial charge >= 0.3 is 0 Å². The number of epoxide rings is 1. The summed E-state index contributed by atoms with van der Waals surface area (Å²) >= 11 is 0. The van der Waals surface area contributed by atoms with Crippen LogP contribution in [0.5, 0.6) is 0 Å². The van der Waals surface area contributed by atoms with E-state index in [1.165, 1.54) is 0 Å².